The van der Waals surface area contributed by atoms with Crippen LogP contribution in [0.2, 0.25) is 0 Å². The fraction of sp³-hybridized carbons (Fsp3) is 0.320. The number of hydrogen-bond acceptors (Lipinski definition) is 5. The van der Waals surface area contributed by atoms with E-state index in [0.29, 0.717) is 24.2 Å². The summed E-state index contributed by atoms with van der Waals surface area (Å²) in [6.07, 6.45) is 0. The zero-order valence-electron chi connectivity index (χ0n) is 19.0. The average Bonchev–Trinajstić information content (AvgIpc) is 2.83. The highest BCUT2D eigenvalue weighted by Gasteiger charge is 2.31. The summed E-state index contributed by atoms with van der Waals surface area (Å²) in [4.78, 5) is 31.4. The van der Waals surface area contributed by atoms with Crippen molar-refractivity contribution in [3.05, 3.63) is 71.4 Å². The maximum absolute atomic E-state index is 13.4. The van der Waals surface area contributed by atoms with Crippen LogP contribution in [0.15, 0.2) is 59.5 Å². The summed E-state index contributed by atoms with van der Waals surface area (Å²) < 4.78 is 27.5. The molecule has 4 rings (SSSR count). The molecule has 1 aromatic heterocycles. The molecule has 0 radical (unpaired) electrons. The van der Waals surface area contributed by atoms with Crippen molar-refractivity contribution in [1.82, 2.24) is 14.2 Å². The summed E-state index contributed by atoms with van der Waals surface area (Å²) in [6.45, 7) is 6.55. The minimum absolute atomic E-state index is 0.113. The number of benzene rings is 2. The lowest BCUT2D eigenvalue weighted by molar-refractivity contribution is 0.0699. The third-order valence-corrected chi connectivity index (χ3v) is 7.90. The van der Waals surface area contributed by atoms with Crippen LogP contribution in [0, 0.1) is 0 Å². The lowest BCUT2D eigenvalue weighted by Gasteiger charge is -2.34. The van der Waals surface area contributed by atoms with Gasteiger partial charge in [0.15, 0.2) is 5.78 Å². The third-order valence-electron chi connectivity index (χ3n) is 5.98. The highest BCUT2D eigenvalue weighted by molar-refractivity contribution is 7.89. The number of piperazine rings is 1. The van der Waals surface area contributed by atoms with Crippen molar-refractivity contribution in [3.8, 4) is 0 Å². The highest BCUT2D eigenvalue weighted by atomic mass is 32.2. The summed E-state index contributed by atoms with van der Waals surface area (Å²) in [5.41, 5.74) is 2.70. The number of pyridine rings is 1. The van der Waals surface area contributed by atoms with Crippen molar-refractivity contribution in [1.29, 1.82) is 0 Å². The van der Waals surface area contributed by atoms with E-state index in [9.17, 15) is 18.0 Å². The van der Waals surface area contributed by atoms with Crippen molar-refractivity contribution in [2.24, 2.45) is 0 Å². The Balaban J connectivity index is 1.53. The van der Waals surface area contributed by atoms with Crippen LogP contribution in [-0.4, -0.2) is 60.5 Å². The Bertz CT molecular complexity index is 1310. The Morgan fingerprint density at radius 2 is 1.58 bits per heavy atom. The van der Waals surface area contributed by atoms with Gasteiger partial charge in [0.1, 0.15) is 0 Å². The minimum atomic E-state index is -3.70. The van der Waals surface area contributed by atoms with Gasteiger partial charge in [-0.1, -0.05) is 44.2 Å². The van der Waals surface area contributed by atoms with Gasteiger partial charge in [-0.05, 0) is 37.1 Å². The third kappa shape index (κ3) is 4.54. The Labute approximate surface area is 194 Å². The molecule has 0 bridgehead atoms. The summed E-state index contributed by atoms with van der Waals surface area (Å²) in [5, 5.41) is 0.799. The van der Waals surface area contributed by atoms with Crippen molar-refractivity contribution in [3.63, 3.8) is 0 Å². The zero-order chi connectivity index (χ0) is 23.8. The fourth-order valence-corrected chi connectivity index (χ4v) is 5.40. The maximum atomic E-state index is 13.4. The Morgan fingerprint density at radius 3 is 2.18 bits per heavy atom. The molecule has 1 saturated heterocycles. The Hall–Kier alpha value is -3.10. The molecule has 0 saturated carbocycles. The predicted molar refractivity (Wildman–Crippen MR) is 127 cm³/mol. The van der Waals surface area contributed by atoms with Gasteiger partial charge in [-0.3, -0.25) is 14.6 Å². The molecule has 172 valence electrons. The molecule has 1 aliphatic rings. The molecule has 0 spiro atoms. The summed E-state index contributed by atoms with van der Waals surface area (Å²) >= 11 is 0. The summed E-state index contributed by atoms with van der Waals surface area (Å²) in [5.74, 6) is -0.0498. The lowest BCUT2D eigenvalue weighted by Crippen LogP contribution is -2.50. The molecule has 1 aliphatic heterocycles. The van der Waals surface area contributed by atoms with Gasteiger partial charge in [0.25, 0.3) is 5.91 Å². The first-order valence-electron chi connectivity index (χ1n) is 11.0. The standard InChI is InChI=1S/C25H27N3O4S/c1-17(2)24-16-22(21-6-4-5-7-23(21)26-24)25(30)27-12-14-28(15-13-27)33(31,32)20-10-8-19(9-11-20)18(3)29/h4-11,16-17H,12-15H2,1-3H3. The molecule has 2 aromatic carbocycles. The number of carbonyl (C=O) groups excluding carboxylic acids is 2. The number of aromatic nitrogens is 1. The lowest BCUT2D eigenvalue weighted by atomic mass is 10.0. The van der Waals surface area contributed by atoms with E-state index in [1.165, 1.54) is 35.5 Å². The van der Waals surface area contributed by atoms with E-state index in [2.05, 4.69) is 4.98 Å². The number of carbonyl (C=O) groups is 2. The van der Waals surface area contributed by atoms with Gasteiger partial charge >= 0.3 is 0 Å². The number of rotatable bonds is 5. The predicted octanol–water partition coefficient (Wildman–Crippen LogP) is 3.71. The highest BCUT2D eigenvalue weighted by Crippen LogP contribution is 2.25. The largest absolute Gasteiger partial charge is 0.336 e. The first kappa shape index (κ1) is 23.1. The van der Waals surface area contributed by atoms with Gasteiger partial charge in [0.05, 0.1) is 16.0 Å². The zero-order valence-corrected chi connectivity index (χ0v) is 19.8. The first-order valence-corrected chi connectivity index (χ1v) is 12.4. The van der Waals surface area contributed by atoms with E-state index in [0.717, 1.165) is 16.6 Å². The number of fused-ring (bicyclic) bond motifs is 1. The quantitative estimate of drug-likeness (QED) is 0.536. The van der Waals surface area contributed by atoms with Crippen LogP contribution >= 0.6 is 0 Å². The monoisotopic (exact) mass is 465 g/mol. The van der Waals surface area contributed by atoms with Crippen molar-refractivity contribution in [2.75, 3.05) is 26.2 Å². The van der Waals surface area contributed by atoms with E-state index >= 15 is 0 Å². The molecule has 0 unspecified atom stereocenters. The number of nitrogens with zero attached hydrogens (tertiary/aromatic N) is 3. The number of sulfonamides is 1. The molecule has 33 heavy (non-hydrogen) atoms. The smallest absolute Gasteiger partial charge is 0.254 e. The molecule has 0 atom stereocenters. The second-order valence-electron chi connectivity index (χ2n) is 8.54. The SMILES string of the molecule is CC(=O)c1ccc(S(=O)(=O)N2CCN(C(=O)c3cc(C(C)C)nc4ccccc34)CC2)cc1. The Kier molecular flexibility index (Phi) is 6.32. The van der Waals surface area contributed by atoms with E-state index in [1.807, 2.05) is 44.2 Å². The Morgan fingerprint density at radius 1 is 0.939 bits per heavy atom. The van der Waals surface area contributed by atoms with E-state index in [4.69, 9.17) is 0 Å². The first-order chi connectivity index (χ1) is 15.7. The molecular formula is C25H27N3O4S. The number of Topliss-reactive ketones (excluding diaryl/α,β-unsaturated/α-hetero) is 1. The van der Waals surface area contributed by atoms with Crippen molar-refractivity contribution < 1.29 is 18.0 Å². The fourth-order valence-electron chi connectivity index (χ4n) is 3.98. The molecule has 1 amide bonds. The van der Waals surface area contributed by atoms with Gasteiger partial charge in [0.2, 0.25) is 10.0 Å². The molecule has 0 N–H and O–H groups in total. The molecule has 1 fully saturated rings. The van der Waals surface area contributed by atoms with E-state index in [-0.39, 0.29) is 35.6 Å². The van der Waals surface area contributed by atoms with Crippen LogP contribution in [0.25, 0.3) is 10.9 Å². The van der Waals surface area contributed by atoms with Gasteiger partial charge < -0.3 is 4.90 Å². The molecule has 0 aliphatic carbocycles. The second-order valence-corrected chi connectivity index (χ2v) is 10.5. The molecular weight excluding hydrogens is 438 g/mol. The molecule has 8 heteroatoms. The molecule has 7 nitrogen and oxygen atoms in total. The van der Waals surface area contributed by atoms with Crippen molar-refractivity contribution >= 4 is 32.6 Å². The number of amides is 1. The number of para-hydroxylation sites is 1. The summed E-state index contributed by atoms with van der Waals surface area (Å²) in [6, 6.07) is 15.4. The molecule has 2 heterocycles. The van der Waals surface area contributed by atoms with Crippen molar-refractivity contribution in [2.45, 2.75) is 31.6 Å². The molecule has 3 aromatic rings. The minimum Gasteiger partial charge on any atom is -0.336 e. The summed E-state index contributed by atoms with van der Waals surface area (Å²) in [7, 11) is -3.70. The van der Waals surface area contributed by atoms with Crippen LogP contribution in [0.4, 0.5) is 0 Å². The normalized spacial score (nSPS) is 15.2. The number of hydrogen-bond donors (Lipinski definition) is 0. The maximum Gasteiger partial charge on any atom is 0.254 e. The van der Waals surface area contributed by atoms with Gasteiger partial charge in [-0.2, -0.15) is 4.31 Å². The van der Waals surface area contributed by atoms with Crippen LogP contribution in [0.1, 0.15) is 53.1 Å². The number of ketones is 1. The van der Waals surface area contributed by atoms with Crippen LogP contribution in [0.5, 0.6) is 0 Å². The average molecular weight is 466 g/mol. The van der Waals surface area contributed by atoms with Crippen LogP contribution in [-0.2, 0) is 10.0 Å². The van der Waals surface area contributed by atoms with Crippen LogP contribution < -0.4 is 0 Å². The van der Waals surface area contributed by atoms with Gasteiger partial charge in [-0.15, -0.1) is 0 Å². The van der Waals surface area contributed by atoms with Gasteiger partial charge in [-0.25, -0.2) is 8.42 Å². The van der Waals surface area contributed by atoms with E-state index < -0.39 is 10.0 Å². The van der Waals surface area contributed by atoms with E-state index in [1.54, 1.807) is 4.90 Å². The van der Waals surface area contributed by atoms with Gasteiger partial charge in [0, 0.05) is 42.8 Å². The second kappa shape index (κ2) is 9.03. The van der Waals surface area contributed by atoms with Crippen LogP contribution in [0.3, 0.4) is 0 Å². The topological polar surface area (TPSA) is 87.7 Å².